The zero-order chi connectivity index (χ0) is 16.3. The van der Waals surface area contributed by atoms with Gasteiger partial charge in [0.05, 0.1) is 0 Å². The van der Waals surface area contributed by atoms with E-state index in [1.807, 2.05) is 0 Å². The SMILES string of the molecule is C=C(CC(=C)c1cc(C)ccc1C)Cc1ccc(C)c(P)c1. The summed E-state index contributed by atoms with van der Waals surface area (Å²) < 4.78 is 0. The van der Waals surface area contributed by atoms with Crippen LogP contribution in [0, 0.1) is 20.8 Å². The molecule has 2 aromatic carbocycles. The van der Waals surface area contributed by atoms with Gasteiger partial charge in [-0.2, -0.15) is 0 Å². The zero-order valence-corrected chi connectivity index (χ0v) is 15.0. The van der Waals surface area contributed by atoms with Crippen molar-refractivity contribution in [2.24, 2.45) is 0 Å². The van der Waals surface area contributed by atoms with E-state index < -0.39 is 0 Å². The molecule has 0 saturated carbocycles. The van der Waals surface area contributed by atoms with Crippen molar-refractivity contribution in [1.82, 2.24) is 0 Å². The number of hydrogen-bond acceptors (Lipinski definition) is 0. The van der Waals surface area contributed by atoms with Crippen molar-refractivity contribution in [1.29, 1.82) is 0 Å². The molecular formula is C21H25P. The second-order valence-electron chi connectivity index (χ2n) is 6.22. The molecule has 0 aliphatic rings. The molecule has 0 saturated heterocycles. The van der Waals surface area contributed by atoms with Gasteiger partial charge in [-0.25, -0.2) is 0 Å². The van der Waals surface area contributed by atoms with Crippen molar-refractivity contribution in [3.05, 3.63) is 82.9 Å². The monoisotopic (exact) mass is 308 g/mol. The fourth-order valence-electron chi connectivity index (χ4n) is 2.66. The summed E-state index contributed by atoms with van der Waals surface area (Å²) in [4.78, 5) is 0. The van der Waals surface area contributed by atoms with Crippen molar-refractivity contribution < 1.29 is 0 Å². The molecule has 0 aliphatic heterocycles. The summed E-state index contributed by atoms with van der Waals surface area (Å²) in [5.74, 6) is 0. The van der Waals surface area contributed by atoms with Gasteiger partial charge in [-0.15, -0.1) is 9.24 Å². The summed E-state index contributed by atoms with van der Waals surface area (Å²) in [7, 11) is 2.80. The Kier molecular flexibility index (Phi) is 5.37. The molecule has 0 bridgehead atoms. The normalized spacial score (nSPS) is 10.5. The highest BCUT2D eigenvalue weighted by Gasteiger charge is 2.07. The summed E-state index contributed by atoms with van der Waals surface area (Å²) in [6, 6.07) is 13.1. The van der Waals surface area contributed by atoms with E-state index in [1.165, 1.54) is 38.7 Å². The van der Waals surface area contributed by atoms with Gasteiger partial charge in [0.25, 0.3) is 0 Å². The molecule has 0 radical (unpaired) electrons. The van der Waals surface area contributed by atoms with Crippen LogP contribution in [0.5, 0.6) is 0 Å². The Morgan fingerprint density at radius 2 is 1.64 bits per heavy atom. The molecule has 1 unspecified atom stereocenters. The number of rotatable bonds is 5. The Morgan fingerprint density at radius 1 is 0.955 bits per heavy atom. The van der Waals surface area contributed by atoms with Crippen molar-refractivity contribution in [2.75, 3.05) is 0 Å². The van der Waals surface area contributed by atoms with Gasteiger partial charge < -0.3 is 0 Å². The van der Waals surface area contributed by atoms with Gasteiger partial charge >= 0.3 is 0 Å². The number of allylic oxidation sites excluding steroid dienone is 2. The summed E-state index contributed by atoms with van der Waals surface area (Å²) >= 11 is 0. The van der Waals surface area contributed by atoms with Gasteiger partial charge in [0.1, 0.15) is 0 Å². The average molecular weight is 308 g/mol. The molecule has 1 atom stereocenters. The van der Waals surface area contributed by atoms with Crippen LogP contribution < -0.4 is 5.30 Å². The molecule has 0 amide bonds. The molecule has 114 valence electrons. The average Bonchev–Trinajstić information content (AvgIpc) is 2.45. The quantitative estimate of drug-likeness (QED) is 0.518. The maximum atomic E-state index is 4.28. The fraction of sp³-hybridized carbons (Fsp3) is 0.238. The third-order valence-corrected chi connectivity index (χ3v) is 4.66. The predicted octanol–water partition coefficient (Wildman–Crippen LogP) is 5.31. The van der Waals surface area contributed by atoms with Crippen molar-refractivity contribution in [3.63, 3.8) is 0 Å². The first-order valence-corrected chi connectivity index (χ1v) is 8.21. The van der Waals surface area contributed by atoms with Crippen molar-refractivity contribution in [2.45, 2.75) is 33.6 Å². The lowest BCUT2D eigenvalue weighted by molar-refractivity contribution is 1.09. The highest BCUT2D eigenvalue weighted by molar-refractivity contribution is 7.27. The van der Waals surface area contributed by atoms with E-state index in [4.69, 9.17) is 0 Å². The molecule has 1 heteroatoms. The third kappa shape index (κ3) is 4.18. The lowest BCUT2D eigenvalue weighted by Gasteiger charge is -2.13. The Morgan fingerprint density at radius 3 is 2.32 bits per heavy atom. The molecule has 2 aromatic rings. The second-order valence-corrected chi connectivity index (χ2v) is 6.84. The van der Waals surface area contributed by atoms with E-state index in [2.05, 4.69) is 79.6 Å². The lowest BCUT2D eigenvalue weighted by atomic mass is 9.93. The standard InChI is InChI=1S/C21H25P/c1-14-6-7-16(3)20(12-14)18(5)10-15(2)11-19-9-8-17(4)21(22)13-19/h6-9,12-13H,2,5,10-11,22H2,1,3-4H3. The Labute approximate surface area is 137 Å². The largest absolute Gasteiger partial charge is 0.105 e. The van der Waals surface area contributed by atoms with Crippen LogP contribution in [0.3, 0.4) is 0 Å². The highest BCUT2D eigenvalue weighted by Crippen LogP contribution is 2.25. The van der Waals surface area contributed by atoms with Gasteiger partial charge in [0.2, 0.25) is 0 Å². The summed E-state index contributed by atoms with van der Waals surface area (Å²) in [5.41, 5.74) is 8.80. The summed E-state index contributed by atoms with van der Waals surface area (Å²) in [5, 5.41) is 1.26. The minimum absolute atomic E-state index is 0.852. The molecule has 0 nitrogen and oxygen atoms in total. The summed E-state index contributed by atoms with van der Waals surface area (Å²) in [6.45, 7) is 14.9. The van der Waals surface area contributed by atoms with Crippen LogP contribution in [-0.4, -0.2) is 0 Å². The van der Waals surface area contributed by atoms with Crippen LogP contribution in [0.25, 0.3) is 5.57 Å². The maximum absolute atomic E-state index is 4.28. The Hall–Kier alpha value is -1.65. The fourth-order valence-corrected chi connectivity index (χ4v) is 2.98. The minimum atomic E-state index is 0.852. The number of hydrogen-bond donors (Lipinski definition) is 0. The van der Waals surface area contributed by atoms with Gasteiger partial charge in [-0.3, -0.25) is 0 Å². The maximum Gasteiger partial charge on any atom is -0.00662 e. The third-order valence-electron chi connectivity index (χ3n) is 4.04. The lowest BCUT2D eigenvalue weighted by Crippen LogP contribution is -2.00. The highest BCUT2D eigenvalue weighted by atomic mass is 31.0. The molecule has 0 fully saturated rings. The van der Waals surface area contributed by atoms with Gasteiger partial charge in [0.15, 0.2) is 0 Å². The molecular weight excluding hydrogens is 283 g/mol. The van der Waals surface area contributed by atoms with Gasteiger partial charge in [-0.1, -0.05) is 60.7 Å². The van der Waals surface area contributed by atoms with E-state index in [1.54, 1.807) is 0 Å². The van der Waals surface area contributed by atoms with Gasteiger partial charge in [-0.05, 0) is 66.7 Å². The Balaban J connectivity index is 2.06. The minimum Gasteiger partial charge on any atom is -0.105 e. The van der Waals surface area contributed by atoms with Crippen LogP contribution in [0.4, 0.5) is 0 Å². The van der Waals surface area contributed by atoms with Crippen LogP contribution in [-0.2, 0) is 6.42 Å². The second kappa shape index (κ2) is 7.07. The van der Waals surface area contributed by atoms with E-state index in [9.17, 15) is 0 Å². The van der Waals surface area contributed by atoms with Crippen LogP contribution in [0.1, 0.15) is 34.2 Å². The number of benzene rings is 2. The summed E-state index contributed by atoms with van der Waals surface area (Å²) in [6.07, 6.45) is 1.76. The Bertz CT molecular complexity index is 723. The van der Waals surface area contributed by atoms with E-state index in [0.717, 1.165) is 18.4 Å². The molecule has 0 aliphatic carbocycles. The van der Waals surface area contributed by atoms with Crippen LogP contribution in [0.2, 0.25) is 0 Å². The molecule has 2 rings (SSSR count). The topological polar surface area (TPSA) is 0 Å². The van der Waals surface area contributed by atoms with Crippen LogP contribution >= 0.6 is 9.24 Å². The first-order chi connectivity index (χ1) is 10.4. The smallest absolute Gasteiger partial charge is 0.00662 e. The molecule has 0 spiro atoms. The first kappa shape index (κ1) is 16.7. The molecule has 0 N–H and O–H groups in total. The predicted molar refractivity (Wildman–Crippen MR) is 103 cm³/mol. The molecule has 22 heavy (non-hydrogen) atoms. The number of aryl methyl sites for hydroxylation is 3. The first-order valence-electron chi connectivity index (χ1n) is 7.64. The molecule has 0 aromatic heterocycles. The van der Waals surface area contributed by atoms with Crippen LogP contribution in [0.15, 0.2) is 55.1 Å². The van der Waals surface area contributed by atoms with Gasteiger partial charge in [0, 0.05) is 0 Å². The zero-order valence-electron chi connectivity index (χ0n) is 13.9. The van der Waals surface area contributed by atoms with Crippen molar-refractivity contribution in [3.8, 4) is 0 Å². The van der Waals surface area contributed by atoms with E-state index in [0.29, 0.717) is 0 Å². The molecule has 0 heterocycles. The van der Waals surface area contributed by atoms with E-state index >= 15 is 0 Å². The van der Waals surface area contributed by atoms with E-state index in [-0.39, 0.29) is 0 Å². The van der Waals surface area contributed by atoms with Crippen molar-refractivity contribution >= 4 is 20.1 Å².